The van der Waals surface area contributed by atoms with Crippen molar-refractivity contribution in [3.63, 3.8) is 0 Å². The van der Waals surface area contributed by atoms with Gasteiger partial charge in [-0.25, -0.2) is 15.0 Å². The van der Waals surface area contributed by atoms with Crippen LogP contribution in [0.2, 0.25) is 0 Å². The Hall–Kier alpha value is -6.85. The lowest BCUT2D eigenvalue weighted by atomic mass is 10.0. The molecule has 4 aromatic heterocycles. The molecule has 0 atom stereocenters. The maximum atomic E-state index is 5.19. The molecule has 51 heavy (non-hydrogen) atoms. The fourth-order valence-corrected chi connectivity index (χ4v) is 7.64. The van der Waals surface area contributed by atoms with Gasteiger partial charge in [0, 0.05) is 38.4 Å². The van der Waals surface area contributed by atoms with E-state index in [1.807, 2.05) is 36.4 Å². The molecule has 5 heteroatoms. The van der Waals surface area contributed by atoms with E-state index in [1.165, 1.54) is 10.8 Å². The van der Waals surface area contributed by atoms with Crippen molar-refractivity contribution >= 4 is 71.4 Å². The van der Waals surface area contributed by atoms with Gasteiger partial charge in [-0.3, -0.25) is 4.40 Å². The van der Waals surface area contributed by atoms with Gasteiger partial charge in [-0.05, 0) is 48.2 Å². The quantitative estimate of drug-likeness (QED) is 0.137. The molecular weight excluding hydrogens is 623 g/mol. The predicted octanol–water partition coefficient (Wildman–Crippen LogP) is 11.6. The van der Waals surface area contributed by atoms with E-state index in [1.54, 1.807) is 0 Å². The molecule has 0 spiro atoms. The van der Waals surface area contributed by atoms with Crippen molar-refractivity contribution in [2.45, 2.75) is 6.92 Å². The number of allylic oxidation sites excluding steroid dienone is 3. The molecule has 0 bridgehead atoms. The molecule has 0 fully saturated rings. The normalized spacial score (nSPS) is 12.2. The Bertz CT molecular complexity index is 2980. The first-order chi connectivity index (χ1) is 25.1. The van der Waals surface area contributed by atoms with Gasteiger partial charge in [-0.1, -0.05) is 134 Å². The Morgan fingerprint density at radius 1 is 0.529 bits per heavy atom. The van der Waals surface area contributed by atoms with E-state index in [0.717, 1.165) is 83.2 Å². The minimum absolute atomic E-state index is 0.663. The molecule has 10 aromatic rings. The van der Waals surface area contributed by atoms with Crippen molar-refractivity contribution < 1.29 is 0 Å². The first-order valence-electron chi connectivity index (χ1n) is 17.2. The van der Waals surface area contributed by atoms with Crippen molar-refractivity contribution in [3.8, 4) is 22.5 Å². The molecule has 0 N–H and O–H groups in total. The van der Waals surface area contributed by atoms with Crippen LogP contribution in [0.25, 0.3) is 93.9 Å². The third-order valence-electron chi connectivity index (χ3n) is 9.94. The van der Waals surface area contributed by atoms with E-state index in [-0.39, 0.29) is 0 Å². The Morgan fingerprint density at radius 3 is 1.76 bits per heavy atom. The average molecular weight is 654 g/mol. The number of imidazole rings is 1. The van der Waals surface area contributed by atoms with Gasteiger partial charge in [0.05, 0.1) is 39.0 Å². The summed E-state index contributed by atoms with van der Waals surface area (Å²) < 4.78 is 4.64. The first-order valence-corrected chi connectivity index (χ1v) is 17.2. The summed E-state index contributed by atoms with van der Waals surface area (Å²) in [6.45, 7) is 6.80. The molecule has 0 unspecified atom stereocenters. The molecule has 240 valence electrons. The summed E-state index contributed by atoms with van der Waals surface area (Å²) in [6, 6.07) is 52.7. The number of fused-ring (bicyclic) bond motifs is 12. The van der Waals surface area contributed by atoms with Gasteiger partial charge in [0.15, 0.2) is 5.82 Å². The van der Waals surface area contributed by atoms with Gasteiger partial charge < -0.3 is 4.57 Å². The second kappa shape index (κ2) is 11.4. The van der Waals surface area contributed by atoms with E-state index in [4.69, 9.17) is 21.5 Å². The number of hydrogen-bond acceptors (Lipinski definition) is 3. The van der Waals surface area contributed by atoms with Crippen LogP contribution in [0.15, 0.2) is 164 Å². The largest absolute Gasteiger partial charge is 0.308 e. The number of hydrogen-bond donors (Lipinski definition) is 0. The molecule has 6 aromatic carbocycles. The highest BCUT2D eigenvalue weighted by Crippen LogP contribution is 2.41. The number of benzene rings is 6. The zero-order chi connectivity index (χ0) is 34.1. The van der Waals surface area contributed by atoms with E-state index in [0.29, 0.717) is 5.82 Å². The number of aromatic nitrogens is 5. The number of pyridine rings is 1. The summed E-state index contributed by atoms with van der Waals surface area (Å²) in [5, 5.41) is 5.79. The molecule has 0 saturated carbocycles. The summed E-state index contributed by atoms with van der Waals surface area (Å²) in [5.74, 6) is 0.663. The second-order valence-electron chi connectivity index (χ2n) is 13.0. The van der Waals surface area contributed by atoms with Crippen LogP contribution < -0.4 is 0 Å². The average Bonchev–Trinajstić information content (AvgIpc) is 3.75. The molecule has 0 amide bonds. The Balaban J connectivity index is 1.26. The molecular formula is C46H31N5. The molecule has 5 nitrogen and oxygen atoms in total. The summed E-state index contributed by atoms with van der Waals surface area (Å²) in [4.78, 5) is 15.4. The monoisotopic (exact) mass is 653 g/mol. The van der Waals surface area contributed by atoms with Crippen molar-refractivity contribution in [2.75, 3.05) is 0 Å². The second-order valence-corrected chi connectivity index (χ2v) is 13.0. The molecule has 10 rings (SSSR count). The number of nitrogens with zero attached hydrogens (tertiary/aromatic N) is 5. The molecule has 0 aliphatic heterocycles. The third kappa shape index (κ3) is 4.52. The molecule has 0 saturated heterocycles. The van der Waals surface area contributed by atoms with Crippen LogP contribution in [0.5, 0.6) is 0 Å². The van der Waals surface area contributed by atoms with Crippen LogP contribution in [0.3, 0.4) is 0 Å². The minimum atomic E-state index is 0.663. The number of rotatable bonds is 5. The highest BCUT2D eigenvalue weighted by molar-refractivity contribution is 6.25. The topological polar surface area (TPSA) is 48.0 Å². The van der Waals surface area contributed by atoms with Gasteiger partial charge in [-0.2, -0.15) is 0 Å². The first kappa shape index (κ1) is 29.1. The van der Waals surface area contributed by atoms with Crippen molar-refractivity contribution in [3.05, 3.63) is 170 Å². The third-order valence-corrected chi connectivity index (χ3v) is 9.94. The standard InChI is InChI=1S/C46H31N5/c1-29(45-47-39(31-15-5-3-6-16-31)28-40(48-45)32-17-7-4-8-18-32)27-30(2)50-41-23-13-11-20-34(41)36-26-25-35-33-19-9-10-21-37(33)46-49-38-22-12-14-24-42(38)51(46)44(35)43(36)50/h3-28H,2H2,1H3/b29-27+. The van der Waals surface area contributed by atoms with Crippen molar-refractivity contribution in [2.24, 2.45) is 0 Å². The maximum absolute atomic E-state index is 5.19. The van der Waals surface area contributed by atoms with E-state index < -0.39 is 0 Å². The lowest BCUT2D eigenvalue weighted by Crippen LogP contribution is -2.01. The van der Waals surface area contributed by atoms with Gasteiger partial charge in [-0.15, -0.1) is 0 Å². The summed E-state index contributed by atoms with van der Waals surface area (Å²) in [7, 11) is 0. The van der Waals surface area contributed by atoms with E-state index >= 15 is 0 Å². The van der Waals surface area contributed by atoms with Crippen molar-refractivity contribution in [1.82, 2.24) is 23.9 Å². The molecule has 0 radical (unpaired) electrons. The van der Waals surface area contributed by atoms with Crippen LogP contribution in [0, 0.1) is 0 Å². The van der Waals surface area contributed by atoms with Gasteiger partial charge >= 0.3 is 0 Å². The highest BCUT2D eigenvalue weighted by Gasteiger charge is 2.21. The Labute approximate surface area is 294 Å². The lowest BCUT2D eigenvalue weighted by molar-refractivity contribution is 1.12. The lowest BCUT2D eigenvalue weighted by Gasteiger charge is -2.14. The molecule has 0 aliphatic carbocycles. The summed E-state index contributed by atoms with van der Waals surface area (Å²) in [6.07, 6.45) is 2.12. The Morgan fingerprint density at radius 2 is 1.08 bits per heavy atom. The highest BCUT2D eigenvalue weighted by atomic mass is 15.1. The fraction of sp³-hybridized carbons (Fsp3) is 0.0217. The van der Waals surface area contributed by atoms with Crippen LogP contribution >= 0.6 is 0 Å². The zero-order valence-corrected chi connectivity index (χ0v) is 28.0. The van der Waals surface area contributed by atoms with Crippen molar-refractivity contribution in [1.29, 1.82) is 0 Å². The van der Waals surface area contributed by atoms with Gasteiger partial charge in [0.2, 0.25) is 0 Å². The molecule has 0 aliphatic rings. The summed E-state index contributed by atoms with van der Waals surface area (Å²) in [5.41, 5.74) is 11.9. The van der Waals surface area contributed by atoms with Gasteiger partial charge in [0.25, 0.3) is 0 Å². The summed E-state index contributed by atoms with van der Waals surface area (Å²) >= 11 is 0. The minimum Gasteiger partial charge on any atom is -0.308 e. The predicted molar refractivity (Wildman–Crippen MR) is 213 cm³/mol. The number of para-hydroxylation sites is 3. The maximum Gasteiger partial charge on any atom is 0.156 e. The van der Waals surface area contributed by atoms with Crippen LogP contribution in [0.1, 0.15) is 12.7 Å². The SMILES string of the molecule is C=C(/C=C(\C)c1nc(-c2ccccc2)cc(-c2ccccc2)n1)n1c2ccccc2c2ccc3c4ccccc4c4nc5ccccc5n4c3c21. The van der Waals surface area contributed by atoms with Crippen LogP contribution in [-0.2, 0) is 0 Å². The smallest absolute Gasteiger partial charge is 0.156 e. The fourth-order valence-electron chi connectivity index (χ4n) is 7.64. The van der Waals surface area contributed by atoms with E-state index in [2.05, 4.69) is 137 Å². The zero-order valence-electron chi connectivity index (χ0n) is 28.0. The van der Waals surface area contributed by atoms with Crippen LogP contribution in [-0.4, -0.2) is 23.9 Å². The van der Waals surface area contributed by atoms with Crippen LogP contribution in [0.4, 0.5) is 0 Å². The van der Waals surface area contributed by atoms with Gasteiger partial charge in [0.1, 0.15) is 5.65 Å². The Kier molecular flexibility index (Phi) is 6.48. The molecule has 4 heterocycles. The van der Waals surface area contributed by atoms with E-state index in [9.17, 15) is 0 Å².